The van der Waals surface area contributed by atoms with Crippen molar-refractivity contribution in [1.82, 2.24) is 24.8 Å². The lowest BCUT2D eigenvalue weighted by Gasteiger charge is -2.24. The first-order chi connectivity index (χ1) is 11.5. The second-order valence-corrected chi connectivity index (χ2v) is 6.34. The maximum atomic E-state index is 12.1. The van der Waals surface area contributed by atoms with E-state index in [1.165, 1.54) is 0 Å². The Labute approximate surface area is 141 Å². The van der Waals surface area contributed by atoms with E-state index in [-0.39, 0.29) is 5.91 Å². The Bertz CT molecular complexity index is 707. The zero-order chi connectivity index (χ0) is 17.1. The summed E-state index contributed by atoms with van der Waals surface area (Å²) in [5, 5.41) is 11.0. The third kappa shape index (κ3) is 4.00. The fraction of sp³-hybridized carbons (Fsp3) is 0.625. The minimum absolute atomic E-state index is 0.0401. The standard InChI is InChI=1S/C16H24N6O2/c1-11-9-15(20-24-11)18-16(23)6-8-21-7-4-5-14(21)10-22-13(3)17-12(2)19-22/h9,14H,4-8,10H2,1-3H3,(H,18,20,23)/t14-/m1/s1. The van der Waals surface area contributed by atoms with E-state index in [0.29, 0.717) is 24.0 Å². The molecule has 24 heavy (non-hydrogen) atoms. The molecule has 0 saturated carbocycles. The average Bonchev–Trinajstić information content (AvgIpc) is 3.20. The fourth-order valence-corrected chi connectivity index (χ4v) is 3.21. The number of likely N-dealkylation sites (tertiary alicyclic amines) is 1. The van der Waals surface area contributed by atoms with Crippen LogP contribution in [0.15, 0.2) is 10.6 Å². The van der Waals surface area contributed by atoms with Gasteiger partial charge in [0.15, 0.2) is 5.82 Å². The van der Waals surface area contributed by atoms with Gasteiger partial charge < -0.3 is 9.84 Å². The van der Waals surface area contributed by atoms with Crippen LogP contribution in [0.3, 0.4) is 0 Å². The zero-order valence-electron chi connectivity index (χ0n) is 14.4. The van der Waals surface area contributed by atoms with Gasteiger partial charge in [0.05, 0.1) is 6.54 Å². The predicted octanol–water partition coefficient (Wildman–Crippen LogP) is 1.68. The summed E-state index contributed by atoms with van der Waals surface area (Å²) in [6.07, 6.45) is 2.72. The van der Waals surface area contributed by atoms with Crippen molar-refractivity contribution in [1.29, 1.82) is 0 Å². The monoisotopic (exact) mass is 332 g/mol. The molecule has 0 aromatic carbocycles. The summed E-state index contributed by atoms with van der Waals surface area (Å²) < 4.78 is 6.92. The summed E-state index contributed by atoms with van der Waals surface area (Å²) in [7, 11) is 0. The number of carbonyl (C=O) groups is 1. The van der Waals surface area contributed by atoms with Crippen LogP contribution >= 0.6 is 0 Å². The molecule has 1 N–H and O–H groups in total. The van der Waals surface area contributed by atoms with Gasteiger partial charge in [-0.15, -0.1) is 0 Å². The highest BCUT2D eigenvalue weighted by atomic mass is 16.5. The maximum absolute atomic E-state index is 12.1. The van der Waals surface area contributed by atoms with Crippen molar-refractivity contribution in [2.24, 2.45) is 0 Å². The van der Waals surface area contributed by atoms with Gasteiger partial charge in [0.25, 0.3) is 0 Å². The Morgan fingerprint density at radius 1 is 1.42 bits per heavy atom. The maximum Gasteiger partial charge on any atom is 0.226 e. The van der Waals surface area contributed by atoms with Gasteiger partial charge in [0.1, 0.15) is 17.4 Å². The van der Waals surface area contributed by atoms with Crippen LogP contribution in [0.25, 0.3) is 0 Å². The van der Waals surface area contributed by atoms with Crippen molar-refractivity contribution < 1.29 is 9.32 Å². The third-order valence-electron chi connectivity index (χ3n) is 4.37. The number of nitrogens with one attached hydrogen (secondary N) is 1. The number of rotatable bonds is 6. The molecule has 1 amide bonds. The molecule has 0 unspecified atom stereocenters. The molecule has 1 saturated heterocycles. The van der Waals surface area contributed by atoms with Gasteiger partial charge in [-0.3, -0.25) is 9.69 Å². The molecule has 3 heterocycles. The quantitative estimate of drug-likeness (QED) is 0.866. The number of hydrogen-bond donors (Lipinski definition) is 1. The van der Waals surface area contributed by atoms with Crippen molar-refractivity contribution >= 4 is 11.7 Å². The van der Waals surface area contributed by atoms with Gasteiger partial charge >= 0.3 is 0 Å². The summed E-state index contributed by atoms with van der Waals surface area (Å²) in [4.78, 5) is 18.8. The summed E-state index contributed by atoms with van der Waals surface area (Å²) in [6, 6.07) is 2.12. The third-order valence-corrected chi connectivity index (χ3v) is 4.37. The van der Waals surface area contributed by atoms with Gasteiger partial charge in [0, 0.05) is 25.1 Å². The number of carbonyl (C=O) groups excluding carboxylic acids is 1. The molecule has 1 aliphatic heterocycles. The molecule has 1 atom stereocenters. The Balaban J connectivity index is 1.50. The van der Waals surface area contributed by atoms with Crippen LogP contribution in [0.4, 0.5) is 5.82 Å². The number of anilines is 1. The van der Waals surface area contributed by atoms with Gasteiger partial charge in [-0.05, 0) is 40.2 Å². The molecule has 0 radical (unpaired) electrons. The fourth-order valence-electron chi connectivity index (χ4n) is 3.21. The Morgan fingerprint density at radius 2 is 2.25 bits per heavy atom. The molecule has 8 heteroatoms. The second-order valence-electron chi connectivity index (χ2n) is 6.34. The molecule has 2 aromatic rings. The number of aromatic nitrogens is 4. The molecule has 3 rings (SSSR count). The molecular formula is C16H24N6O2. The lowest BCUT2D eigenvalue weighted by atomic mass is 10.2. The van der Waals surface area contributed by atoms with Crippen LogP contribution in [0.2, 0.25) is 0 Å². The highest BCUT2D eigenvalue weighted by Crippen LogP contribution is 2.19. The first kappa shape index (κ1) is 16.6. The van der Waals surface area contributed by atoms with Crippen LogP contribution in [0.5, 0.6) is 0 Å². The van der Waals surface area contributed by atoms with Crippen LogP contribution < -0.4 is 5.32 Å². The normalized spacial score (nSPS) is 18.2. The van der Waals surface area contributed by atoms with E-state index in [0.717, 1.165) is 44.1 Å². The van der Waals surface area contributed by atoms with E-state index in [9.17, 15) is 4.79 Å². The van der Waals surface area contributed by atoms with Crippen molar-refractivity contribution in [2.45, 2.75) is 52.6 Å². The number of amides is 1. The van der Waals surface area contributed by atoms with Gasteiger partial charge in [-0.2, -0.15) is 5.10 Å². The molecular weight excluding hydrogens is 308 g/mol. The Morgan fingerprint density at radius 3 is 2.92 bits per heavy atom. The van der Waals surface area contributed by atoms with Crippen molar-refractivity contribution in [3.8, 4) is 0 Å². The molecule has 2 aromatic heterocycles. The van der Waals surface area contributed by atoms with E-state index in [1.807, 2.05) is 18.5 Å². The van der Waals surface area contributed by atoms with Crippen molar-refractivity contribution in [3.05, 3.63) is 23.5 Å². The number of hydrogen-bond acceptors (Lipinski definition) is 6. The minimum atomic E-state index is -0.0401. The van der Waals surface area contributed by atoms with Crippen LogP contribution in [0, 0.1) is 20.8 Å². The van der Waals surface area contributed by atoms with Crippen molar-refractivity contribution in [3.63, 3.8) is 0 Å². The summed E-state index contributed by atoms with van der Waals surface area (Å²) >= 11 is 0. The highest BCUT2D eigenvalue weighted by molar-refractivity contribution is 5.89. The molecule has 0 spiro atoms. The first-order valence-corrected chi connectivity index (χ1v) is 8.36. The molecule has 130 valence electrons. The Hall–Kier alpha value is -2.22. The van der Waals surface area contributed by atoms with Crippen LogP contribution in [0.1, 0.15) is 36.7 Å². The lowest BCUT2D eigenvalue weighted by Crippen LogP contribution is -2.35. The number of aryl methyl sites for hydroxylation is 3. The van der Waals surface area contributed by atoms with E-state index in [1.54, 1.807) is 13.0 Å². The first-order valence-electron chi connectivity index (χ1n) is 8.36. The predicted molar refractivity (Wildman–Crippen MR) is 88.6 cm³/mol. The minimum Gasteiger partial charge on any atom is -0.360 e. The van der Waals surface area contributed by atoms with Gasteiger partial charge in [0.2, 0.25) is 5.91 Å². The number of nitrogens with zero attached hydrogens (tertiary/aromatic N) is 5. The van der Waals surface area contributed by atoms with Crippen LogP contribution in [-0.4, -0.2) is 49.9 Å². The summed E-state index contributed by atoms with van der Waals surface area (Å²) in [5.74, 6) is 2.87. The average molecular weight is 332 g/mol. The summed E-state index contributed by atoms with van der Waals surface area (Å²) in [6.45, 7) is 8.27. The molecule has 8 nitrogen and oxygen atoms in total. The van der Waals surface area contributed by atoms with Crippen LogP contribution in [-0.2, 0) is 11.3 Å². The van der Waals surface area contributed by atoms with Gasteiger partial charge in [-0.25, -0.2) is 9.67 Å². The van der Waals surface area contributed by atoms with E-state index >= 15 is 0 Å². The topological polar surface area (TPSA) is 89.1 Å². The summed E-state index contributed by atoms with van der Waals surface area (Å²) in [5.41, 5.74) is 0. The van der Waals surface area contributed by atoms with E-state index in [2.05, 4.69) is 25.5 Å². The lowest BCUT2D eigenvalue weighted by molar-refractivity contribution is -0.116. The van der Waals surface area contributed by atoms with E-state index < -0.39 is 0 Å². The Kier molecular flexibility index (Phi) is 4.94. The zero-order valence-corrected chi connectivity index (χ0v) is 14.4. The molecule has 0 bridgehead atoms. The van der Waals surface area contributed by atoms with Gasteiger partial charge in [-0.1, -0.05) is 5.16 Å². The second kappa shape index (κ2) is 7.12. The molecule has 1 aliphatic rings. The smallest absolute Gasteiger partial charge is 0.226 e. The van der Waals surface area contributed by atoms with E-state index in [4.69, 9.17) is 4.52 Å². The SMILES string of the molecule is Cc1nc(C)n(C[C@H]2CCCN2CCC(=O)Nc2cc(C)on2)n1. The van der Waals surface area contributed by atoms with Crippen molar-refractivity contribution in [2.75, 3.05) is 18.4 Å². The molecule has 0 aliphatic carbocycles. The highest BCUT2D eigenvalue weighted by Gasteiger charge is 2.26. The largest absolute Gasteiger partial charge is 0.360 e. The molecule has 1 fully saturated rings.